The molecule has 0 aliphatic carbocycles. The number of carboxylic acids is 1. The number of carbonyl (C=O) groups is 3. The van der Waals surface area contributed by atoms with Crippen molar-refractivity contribution in [3.8, 4) is 11.5 Å². The van der Waals surface area contributed by atoms with Gasteiger partial charge in [-0.05, 0) is 60.5 Å². The highest BCUT2D eigenvalue weighted by Gasteiger charge is 2.34. The van der Waals surface area contributed by atoms with Crippen LogP contribution in [0, 0.1) is 0 Å². The van der Waals surface area contributed by atoms with E-state index in [1.54, 1.807) is 60.7 Å². The van der Waals surface area contributed by atoms with Gasteiger partial charge < -0.3 is 19.9 Å². The number of imide groups is 1. The zero-order valence-electron chi connectivity index (χ0n) is 18.4. The molecule has 1 heterocycles. The van der Waals surface area contributed by atoms with E-state index in [9.17, 15) is 14.4 Å². The van der Waals surface area contributed by atoms with Crippen LogP contribution in [0.2, 0.25) is 0 Å². The summed E-state index contributed by atoms with van der Waals surface area (Å²) in [5, 5.41) is 11.6. The van der Waals surface area contributed by atoms with Crippen LogP contribution in [-0.2, 0) is 11.4 Å². The molecule has 0 atom stereocenters. The molecule has 8 nitrogen and oxygen atoms in total. The van der Waals surface area contributed by atoms with Crippen molar-refractivity contribution in [2.24, 2.45) is 0 Å². The second-order valence-corrected chi connectivity index (χ2v) is 7.39. The maximum absolute atomic E-state index is 12.8. The maximum atomic E-state index is 12.8. The predicted molar refractivity (Wildman–Crippen MR) is 126 cm³/mol. The van der Waals surface area contributed by atoms with Gasteiger partial charge in [-0.1, -0.05) is 36.4 Å². The van der Waals surface area contributed by atoms with E-state index in [-0.39, 0.29) is 17.9 Å². The fourth-order valence-electron chi connectivity index (χ4n) is 3.42. The van der Waals surface area contributed by atoms with E-state index in [2.05, 4.69) is 5.32 Å². The van der Waals surface area contributed by atoms with Gasteiger partial charge in [0.05, 0.1) is 17.9 Å². The van der Waals surface area contributed by atoms with Crippen LogP contribution in [0.15, 0.2) is 78.5 Å². The van der Waals surface area contributed by atoms with Crippen LogP contribution in [-0.4, -0.2) is 29.6 Å². The molecule has 3 aromatic rings. The van der Waals surface area contributed by atoms with Gasteiger partial charge in [0.15, 0.2) is 11.5 Å². The zero-order chi connectivity index (χ0) is 24.1. The van der Waals surface area contributed by atoms with E-state index in [0.29, 0.717) is 29.4 Å². The number of rotatable bonds is 8. The first kappa shape index (κ1) is 22.6. The molecule has 2 N–H and O–H groups in total. The normalized spacial score (nSPS) is 14.3. The number of hydrogen-bond donors (Lipinski definition) is 2. The van der Waals surface area contributed by atoms with Gasteiger partial charge >= 0.3 is 12.0 Å². The first-order valence-electron chi connectivity index (χ1n) is 10.6. The van der Waals surface area contributed by atoms with Crippen molar-refractivity contribution >= 4 is 29.7 Å². The molecule has 3 amide bonds. The highest BCUT2D eigenvalue weighted by Crippen LogP contribution is 2.31. The number of hydrogen-bond acceptors (Lipinski definition) is 5. The van der Waals surface area contributed by atoms with Crippen molar-refractivity contribution in [1.82, 2.24) is 5.32 Å². The minimum atomic E-state index is -0.986. The molecule has 0 radical (unpaired) electrons. The van der Waals surface area contributed by atoms with Gasteiger partial charge in [0.1, 0.15) is 12.3 Å². The van der Waals surface area contributed by atoms with Gasteiger partial charge in [0, 0.05) is 0 Å². The van der Waals surface area contributed by atoms with Gasteiger partial charge in [0.25, 0.3) is 5.91 Å². The molecule has 0 saturated carbocycles. The van der Waals surface area contributed by atoms with Gasteiger partial charge in [0.2, 0.25) is 0 Å². The molecular formula is C26H22N2O6. The topological polar surface area (TPSA) is 105 Å². The first-order valence-corrected chi connectivity index (χ1v) is 10.6. The number of ether oxygens (including phenoxy) is 2. The number of benzene rings is 3. The molecular weight excluding hydrogens is 436 g/mol. The van der Waals surface area contributed by atoms with Crippen LogP contribution in [0.3, 0.4) is 0 Å². The minimum absolute atomic E-state index is 0.156. The summed E-state index contributed by atoms with van der Waals surface area (Å²) in [6, 6.07) is 19.8. The number of nitrogens with one attached hydrogen (secondary N) is 1. The minimum Gasteiger partial charge on any atom is -0.490 e. The molecule has 1 saturated heterocycles. The third-order valence-corrected chi connectivity index (χ3v) is 5.07. The Hall–Kier alpha value is -4.59. The van der Waals surface area contributed by atoms with E-state index < -0.39 is 17.9 Å². The van der Waals surface area contributed by atoms with Crippen LogP contribution < -0.4 is 19.7 Å². The lowest BCUT2D eigenvalue weighted by atomic mass is 10.1. The van der Waals surface area contributed by atoms with Crippen molar-refractivity contribution in [3.63, 3.8) is 0 Å². The Morgan fingerprint density at radius 3 is 2.38 bits per heavy atom. The molecule has 1 fully saturated rings. The van der Waals surface area contributed by atoms with Crippen molar-refractivity contribution < 1.29 is 29.0 Å². The molecule has 0 bridgehead atoms. The summed E-state index contributed by atoms with van der Waals surface area (Å²) >= 11 is 0. The van der Waals surface area contributed by atoms with E-state index in [4.69, 9.17) is 14.6 Å². The highest BCUT2D eigenvalue weighted by molar-refractivity contribution is 6.28. The van der Waals surface area contributed by atoms with E-state index in [1.165, 1.54) is 12.1 Å². The highest BCUT2D eigenvalue weighted by atomic mass is 16.5. The SMILES string of the molecule is CCOc1cc(/C=C2/NC(=O)N(c3ccccc3)C2=O)ccc1OCc1ccc(C(=O)O)cc1. The van der Waals surface area contributed by atoms with E-state index in [1.807, 2.05) is 13.0 Å². The van der Waals surface area contributed by atoms with Crippen LogP contribution >= 0.6 is 0 Å². The molecule has 8 heteroatoms. The van der Waals surface area contributed by atoms with Crippen LogP contribution in [0.1, 0.15) is 28.4 Å². The second-order valence-electron chi connectivity index (χ2n) is 7.39. The maximum Gasteiger partial charge on any atom is 0.335 e. The number of anilines is 1. The van der Waals surface area contributed by atoms with Gasteiger partial charge in [-0.3, -0.25) is 4.79 Å². The molecule has 4 rings (SSSR count). The third kappa shape index (κ3) is 4.91. The second kappa shape index (κ2) is 9.91. The van der Waals surface area contributed by atoms with Gasteiger partial charge in [-0.2, -0.15) is 0 Å². The number of nitrogens with zero attached hydrogens (tertiary/aromatic N) is 1. The summed E-state index contributed by atoms with van der Waals surface area (Å²) in [5.41, 5.74) is 2.31. The number of carboxylic acid groups (broad SMARTS) is 1. The molecule has 1 aliphatic rings. The standard InChI is InChI=1S/C26H22N2O6/c1-2-33-23-15-18(10-13-22(23)34-16-17-8-11-19(12-9-17)25(30)31)14-21-24(29)28(26(32)27-21)20-6-4-3-5-7-20/h3-15H,2,16H2,1H3,(H,27,32)(H,30,31)/b21-14+. The Morgan fingerprint density at radius 1 is 0.971 bits per heavy atom. The molecule has 3 aromatic carbocycles. The Bertz CT molecular complexity index is 1250. The Kier molecular flexibility index (Phi) is 6.59. The third-order valence-electron chi connectivity index (χ3n) is 5.07. The summed E-state index contributed by atoms with van der Waals surface area (Å²) in [5.74, 6) is -0.450. The quantitative estimate of drug-likeness (QED) is 0.381. The molecule has 1 aliphatic heterocycles. The van der Waals surface area contributed by atoms with Crippen molar-refractivity contribution in [1.29, 1.82) is 0 Å². The lowest BCUT2D eigenvalue weighted by molar-refractivity contribution is -0.113. The van der Waals surface area contributed by atoms with Crippen molar-refractivity contribution in [2.45, 2.75) is 13.5 Å². The van der Waals surface area contributed by atoms with E-state index in [0.717, 1.165) is 10.5 Å². The van der Waals surface area contributed by atoms with Crippen molar-refractivity contribution in [2.75, 3.05) is 11.5 Å². The van der Waals surface area contributed by atoms with Crippen molar-refractivity contribution in [3.05, 3.63) is 95.2 Å². The summed E-state index contributed by atoms with van der Waals surface area (Å²) in [6.45, 7) is 2.47. The average molecular weight is 458 g/mol. The lowest BCUT2D eigenvalue weighted by Crippen LogP contribution is -2.30. The summed E-state index contributed by atoms with van der Waals surface area (Å²) in [6.07, 6.45) is 1.58. The number of carbonyl (C=O) groups excluding carboxylic acids is 2. The Balaban J connectivity index is 1.52. The number of aromatic carboxylic acids is 1. The van der Waals surface area contributed by atoms with E-state index >= 15 is 0 Å². The lowest BCUT2D eigenvalue weighted by Gasteiger charge is -2.13. The Morgan fingerprint density at radius 2 is 1.71 bits per heavy atom. The fraction of sp³-hybridized carbons (Fsp3) is 0.115. The molecule has 0 unspecified atom stereocenters. The largest absolute Gasteiger partial charge is 0.490 e. The zero-order valence-corrected chi connectivity index (χ0v) is 18.4. The van der Waals surface area contributed by atoms with Gasteiger partial charge in [-0.25, -0.2) is 14.5 Å². The Labute approximate surface area is 196 Å². The number of para-hydroxylation sites is 1. The smallest absolute Gasteiger partial charge is 0.335 e. The summed E-state index contributed by atoms with van der Waals surface area (Å²) in [4.78, 5) is 37.2. The fourth-order valence-corrected chi connectivity index (χ4v) is 3.42. The molecule has 34 heavy (non-hydrogen) atoms. The monoisotopic (exact) mass is 458 g/mol. The number of amides is 3. The predicted octanol–water partition coefficient (Wildman–Crippen LogP) is 4.46. The molecule has 0 spiro atoms. The summed E-state index contributed by atoms with van der Waals surface area (Å²) in [7, 11) is 0. The van der Waals surface area contributed by atoms with Crippen LogP contribution in [0.5, 0.6) is 11.5 Å². The first-order chi connectivity index (χ1) is 16.5. The molecule has 0 aromatic heterocycles. The van der Waals surface area contributed by atoms with Gasteiger partial charge in [-0.15, -0.1) is 0 Å². The van der Waals surface area contributed by atoms with Crippen LogP contribution in [0.25, 0.3) is 6.08 Å². The average Bonchev–Trinajstić information content (AvgIpc) is 3.12. The summed E-state index contributed by atoms with van der Waals surface area (Å²) < 4.78 is 11.6. The molecule has 172 valence electrons. The van der Waals surface area contributed by atoms with Crippen LogP contribution in [0.4, 0.5) is 10.5 Å². The number of urea groups is 1.